The Hall–Kier alpha value is -2.87. The Bertz CT molecular complexity index is 1110. The van der Waals surface area contributed by atoms with Crippen molar-refractivity contribution in [1.82, 2.24) is 19.8 Å². The zero-order valence-corrected chi connectivity index (χ0v) is 20.0. The molecule has 8 nitrogen and oxygen atoms in total. The van der Waals surface area contributed by atoms with Gasteiger partial charge in [0, 0.05) is 49.7 Å². The second-order valence-corrected chi connectivity index (χ2v) is 9.73. The number of fused-ring (bicyclic) bond motifs is 2. The van der Waals surface area contributed by atoms with Crippen molar-refractivity contribution in [2.24, 2.45) is 0 Å². The van der Waals surface area contributed by atoms with Gasteiger partial charge >= 0.3 is 0 Å². The summed E-state index contributed by atoms with van der Waals surface area (Å²) in [5, 5.41) is 4.35. The van der Waals surface area contributed by atoms with E-state index in [1.165, 1.54) is 11.1 Å². The number of rotatable bonds is 4. The van der Waals surface area contributed by atoms with Crippen LogP contribution in [-0.4, -0.2) is 63.8 Å². The molecule has 5 rings (SSSR count). The number of carbonyl (C=O) groups excluding carboxylic acids is 2. The molecule has 2 aromatic rings. The molecule has 1 aliphatic carbocycles. The molecule has 1 N–H and O–H groups in total. The van der Waals surface area contributed by atoms with E-state index >= 15 is 0 Å². The van der Waals surface area contributed by atoms with Crippen LogP contribution in [0.25, 0.3) is 0 Å². The van der Waals surface area contributed by atoms with Gasteiger partial charge in [-0.15, -0.1) is 0 Å². The van der Waals surface area contributed by atoms with Crippen molar-refractivity contribution in [3.63, 3.8) is 0 Å². The van der Waals surface area contributed by atoms with Crippen molar-refractivity contribution in [3.05, 3.63) is 45.6 Å². The third-order valence-electron chi connectivity index (χ3n) is 6.92. The number of halogens is 1. The lowest BCUT2D eigenvalue weighted by atomic mass is 10.1. The summed E-state index contributed by atoms with van der Waals surface area (Å²) >= 11 is 6.28. The van der Waals surface area contributed by atoms with Crippen LogP contribution in [0.4, 0.5) is 11.8 Å². The van der Waals surface area contributed by atoms with E-state index in [-0.39, 0.29) is 23.9 Å². The molecule has 1 aromatic heterocycles. The smallest absolute Gasteiger partial charge is 0.273 e. The highest BCUT2D eigenvalue weighted by molar-refractivity contribution is 6.30. The van der Waals surface area contributed by atoms with E-state index in [1.807, 2.05) is 35.8 Å². The van der Waals surface area contributed by atoms with Gasteiger partial charge in [-0.25, -0.2) is 4.98 Å². The second kappa shape index (κ2) is 8.48. The predicted octanol–water partition coefficient (Wildman–Crippen LogP) is 3.26. The Labute approximate surface area is 198 Å². The van der Waals surface area contributed by atoms with Gasteiger partial charge in [0.05, 0.1) is 12.6 Å². The predicted molar refractivity (Wildman–Crippen MR) is 128 cm³/mol. The van der Waals surface area contributed by atoms with E-state index in [4.69, 9.17) is 21.6 Å². The Kier molecular flexibility index (Phi) is 5.64. The average molecular weight is 469 g/mol. The fraction of sp³-hybridized carbons (Fsp3) is 0.500. The van der Waals surface area contributed by atoms with Gasteiger partial charge in [0.1, 0.15) is 11.5 Å². The van der Waals surface area contributed by atoms with Crippen LogP contribution < -0.4 is 10.2 Å². The fourth-order valence-electron chi connectivity index (χ4n) is 4.96. The number of carbonyl (C=O) groups is 2. The van der Waals surface area contributed by atoms with Crippen molar-refractivity contribution < 1.29 is 9.59 Å². The van der Waals surface area contributed by atoms with Gasteiger partial charge in [-0.3, -0.25) is 9.59 Å². The summed E-state index contributed by atoms with van der Waals surface area (Å²) in [6.07, 6.45) is 1.93. The minimum atomic E-state index is -0.0519. The van der Waals surface area contributed by atoms with Crippen LogP contribution in [0, 0.1) is 0 Å². The number of nitrogens with one attached hydrogen (secondary N) is 1. The van der Waals surface area contributed by atoms with Crippen molar-refractivity contribution in [2.45, 2.75) is 52.2 Å². The van der Waals surface area contributed by atoms with Crippen LogP contribution in [0.2, 0.25) is 5.02 Å². The molecule has 1 fully saturated rings. The lowest BCUT2D eigenvalue weighted by molar-refractivity contribution is -0.129. The molecule has 174 valence electrons. The highest BCUT2D eigenvalue weighted by atomic mass is 35.5. The van der Waals surface area contributed by atoms with Gasteiger partial charge in [-0.2, -0.15) is 4.98 Å². The van der Waals surface area contributed by atoms with Crippen LogP contribution in [-0.2, 0) is 17.8 Å². The van der Waals surface area contributed by atoms with E-state index in [9.17, 15) is 9.59 Å². The topological polar surface area (TPSA) is 81.7 Å². The molecule has 0 radical (unpaired) electrons. The number of piperazine rings is 1. The summed E-state index contributed by atoms with van der Waals surface area (Å²) in [5.74, 6) is 1.29. The fourth-order valence-corrected chi connectivity index (χ4v) is 5.14. The number of aromatic nitrogens is 2. The van der Waals surface area contributed by atoms with Gasteiger partial charge in [-0.1, -0.05) is 17.7 Å². The van der Waals surface area contributed by atoms with Gasteiger partial charge in [0.2, 0.25) is 11.9 Å². The molecule has 9 heteroatoms. The highest BCUT2D eigenvalue weighted by Crippen LogP contribution is 2.38. The minimum Gasteiger partial charge on any atom is -0.363 e. The first-order valence-corrected chi connectivity index (χ1v) is 12.0. The van der Waals surface area contributed by atoms with E-state index in [0.29, 0.717) is 44.4 Å². The zero-order chi connectivity index (χ0) is 23.3. The number of amides is 2. The maximum absolute atomic E-state index is 13.2. The molecule has 0 saturated carbocycles. The van der Waals surface area contributed by atoms with Crippen LogP contribution in [0.15, 0.2) is 18.2 Å². The van der Waals surface area contributed by atoms with Crippen molar-refractivity contribution >= 4 is 35.2 Å². The third kappa shape index (κ3) is 4.01. The molecule has 2 aliphatic heterocycles. The van der Waals surface area contributed by atoms with Gasteiger partial charge in [0.15, 0.2) is 0 Å². The highest BCUT2D eigenvalue weighted by Gasteiger charge is 2.36. The molecule has 3 aliphatic rings. The second-order valence-electron chi connectivity index (χ2n) is 9.30. The van der Waals surface area contributed by atoms with Crippen molar-refractivity contribution in [2.75, 3.05) is 36.4 Å². The molecule has 0 bridgehead atoms. The van der Waals surface area contributed by atoms with Crippen LogP contribution in [0.1, 0.15) is 60.4 Å². The summed E-state index contributed by atoms with van der Waals surface area (Å²) < 4.78 is 0. The summed E-state index contributed by atoms with van der Waals surface area (Å²) in [6, 6.07) is 6.21. The average Bonchev–Trinajstić information content (AvgIpc) is 3.34. The van der Waals surface area contributed by atoms with Crippen molar-refractivity contribution in [3.8, 4) is 0 Å². The molecular weight excluding hydrogens is 440 g/mol. The van der Waals surface area contributed by atoms with E-state index in [2.05, 4.69) is 16.3 Å². The number of nitrogens with zero attached hydrogens (tertiary/aromatic N) is 5. The Balaban J connectivity index is 1.49. The number of hydrogen-bond acceptors (Lipinski definition) is 6. The molecule has 1 aromatic carbocycles. The Morgan fingerprint density at radius 2 is 1.94 bits per heavy atom. The standard InChI is InChI=1S/C24H29ClN6O2/c1-14(2)31-13-19-21(23(31)33)27-24(30-10-8-29(9-11-30)15(3)32)28-22(19)26-20-7-5-16-4-6-17(25)12-18(16)20/h4,6,12,14,20H,5,7-11,13H2,1-3H3,(H,26,27,28). The number of anilines is 2. The van der Waals surface area contributed by atoms with Gasteiger partial charge < -0.3 is 20.0 Å². The van der Waals surface area contributed by atoms with E-state index < -0.39 is 0 Å². The van der Waals surface area contributed by atoms with Crippen molar-refractivity contribution in [1.29, 1.82) is 0 Å². The van der Waals surface area contributed by atoms with E-state index in [1.54, 1.807) is 6.92 Å². The summed E-state index contributed by atoms with van der Waals surface area (Å²) in [7, 11) is 0. The van der Waals surface area contributed by atoms with Crippen LogP contribution in [0.3, 0.4) is 0 Å². The van der Waals surface area contributed by atoms with Gasteiger partial charge in [-0.05, 0) is 49.9 Å². The lowest BCUT2D eigenvalue weighted by Gasteiger charge is -2.34. The Morgan fingerprint density at radius 3 is 2.64 bits per heavy atom. The first-order valence-electron chi connectivity index (χ1n) is 11.6. The van der Waals surface area contributed by atoms with E-state index in [0.717, 1.165) is 29.2 Å². The third-order valence-corrected chi connectivity index (χ3v) is 7.15. The SMILES string of the molecule is CC(=O)N1CCN(c2nc(NC3CCc4ccc(Cl)cc43)c3c(n2)C(=O)N(C(C)C)C3)CC1. The minimum absolute atomic E-state index is 0.0519. The molecule has 3 heterocycles. The van der Waals surface area contributed by atoms with Gasteiger partial charge in [0.25, 0.3) is 5.91 Å². The molecular formula is C24H29ClN6O2. The monoisotopic (exact) mass is 468 g/mol. The molecule has 2 amide bonds. The normalized spacial score (nSPS) is 19.8. The number of benzene rings is 1. The lowest BCUT2D eigenvalue weighted by Crippen LogP contribution is -2.48. The molecule has 1 saturated heterocycles. The molecule has 0 spiro atoms. The zero-order valence-electron chi connectivity index (χ0n) is 19.3. The maximum atomic E-state index is 13.2. The summed E-state index contributed by atoms with van der Waals surface area (Å²) in [5.41, 5.74) is 3.82. The summed E-state index contributed by atoms with van der Waals surface area (Å²) in [4.78, 5) is 40.2. The number of hydrogen-bond donors (Lipinski definition) is 1. The first kappa shape index (κ1) is 21.9. The maximum Gasteiger partial charge on any atom is 0.273 e. The number of aryl methyl sites for hydroxylation is 1. The first-order chi connectivity index (χ1) is 15.8. The molecule has 1 unspecified atom stereocenters. The molecule has 1 atom stereocenters. The summed E-state index contributed by atoms with van der Waals surface area (Å²) in [6.45, 7) is 8.65. The van der Waals surface area contributed by atoms with Crippen LogP contribution in [0.5, 0.6) is 0 Å². The largest absolute Gasteiger partial charge is 0.363 e. The quantitative estimate of drug-likeness (QED) is 0.741. The Morgan fingerprint density at radius 1 is 1.18 bits per heavy atom. The van der Waals surface area contributed by atoms with Crippen LogP contribution >= 0.6 is 11.6 Å². The molecule has 33 heavy (non-hydrogen) atoms.